The van der Waals surface area contributed by atoms with Crippen LogP contribution in [0, 0.1) is 12.7 Å². The fourth-order valence-electron chi connectivity index (χ4n) is 2.19. The van der Waals surface area contributed by atoms with E-state index >= 15 is 0 Å². The predicted molar refractivity (Wildman–Crippen MR) is 99.4 cm³/mol. The predicted octanol–water partition coefficient (Wildman–Crippen LogP) is 3.30. The van der Waals surface area contributed by atoms with Gasteiger partial charge in [0, 0.05) is 19.0 Å². The molecular weight excluding hydrogens is 335 g/mol. The summed E-state index contributed by atoms with van der Waals surface area (Å²) in [5.41, 5.74) is 1.84. The van der Waals surface area contributed by atoms with Gasteiger partial charge in [-0.25, -0.2) is 4.39 Å². The van der Waals surface area contributed by atoms with Crippen molar-refractivity contribution in [3.63, 3.8) is 0 Å². The molecule has 0 aliphatic rings. The van der Waals surface area contributed by atoms with Crippen LogP contribution < -0.4 is 15.4 Å². The average molecular weight is 356 g/mol. The maximum Gasteiger partial charge on any atom is 0.244 e. The van der Waals surface area contributed by atoms with Crippen LogP contribution in [0.1, 0.15) is 17.5 Å². The molecule has 0 atom stereocenters. The second-order valence-electron chi connectivity index (χ2n) is 5.68. The summed E-state index contributed by atoms with van der Waals surface area (Å²) >= 11 is 0. The molecule has 0 fully saturated rings. The van der Waals surface area contributed by atoms with Gasteiger partial charge in [-0.15, -0.1) is 0 Å². The Balaban J connectivity index is 1.75. The van der Waals surface area contributed by atoms with Crippen LogP contribution in [0.4, 0.5) is 10.1 Å². The van der Waals surface area contributed by atoms with E-state index in [1.807, 2.05) is 19.1 Å². The number of carbonyl (C=O) groups excluding carboxylic acids is 2. The fraction of sp³-hybridized carbons (Fsp3) is 0.200. The van der Waals surface area contributed by atoms with Gasteiger partial charge in [0.15, 0.2) is 0 Å². The molecule has 2 rings (SSSR count). The van der Waals surface area contributed by atoms with Gasteiger partial charge in [0.05, 0.1) is 12.8 Å². The summed E-state index contributed by atoms with van der Waals surface area (Å²) in [6.07, 6.45) is 3.10. The van der Waals surface area contributed by atoms with Crippen molar-refractivity contribution in [1.82, 2.24) is 5.32 Å². The highest BCUT2D eigenvalue weighted by Crippen LogP contribution is 2.15. The van der Waals surface area contributed by atoms with Crippen LogP contribution in [0.2, 0.25) is 0 Å². The van der Waals surface area contributed by atoms with Gasteiger partial charge in [-0.2, -0.15) is 0 Å². The lowest BCUT2D eigenvalue weighted by molar-refractivity contribution is -0.117. The van der Waals surface area contributed by atoms with E-state index in [4.69, 9.17) is 4.74 Å². The van der Waals surface area contributed by atoms with E-state index in [0.29, 0.717) is 0 Å². The number of methoxy groups -OCH3 is 1. The summed E-state index contributed by atoms with van der Waals surface area (Å²) in [4.78, 5) is 23.6. The molecule has 2 amide bonds. The average Bonchev–Trinajstić information content (AvgIpc) is 2.63. The van der Waals surface area contributed by atoms with E-state index in [2.05, 4.69) is 10.6 Å². The molecule has 0 heterocycles. The number of anilines is 1. The second kappa shape index (κ2) is 9.36. The third-order valence-corrected chi connectivity index (χ3v) is 3.59. The zero-order valence-corrected chi connectivity index (χ0v) is 14.7. The van der Waals surface area contributed by atoms with E-state index in [1.165, 1.54) is 12.1 Å². The fourth-order valence-corrected chi connectivity index (χ4v) is 2.19. The molecule has 5 nitrogen and oxygen atoms in total. The Bertz CT molecular complexity index is 801. The van der Waals surface area contributed by atoms with Crippen LogP contribution in [0.5, 0.6) is 5.75 Å². The van der Waals surface area contributed by atoms with E-state index in [-0.39, 0.29) is 30.5 Å². The van der Waals surface area contributed by atoms with Gasteiger partial charge in [-0.3, -0.25) is 9.59 Å². The van der Waals surface area contributed by atoms with Gasteiger partial charge in [0.1, 0.15) is 11.6 Å². The zero-order chi connectivity index (χ0) is 18.9. The Morgan fingerprint density at radius 1 is 1.15 bits per heavy atom. The molecule has 0 aliphatic heterocycles. The van der Waals surface area contributed by atoms with E-state index in [0.717, 1.165) is 16.9 Å². The van der Waals surface area contributed by atoms with E-state index in [1.54, 1.807) is 37.5 Å². The van der Waals surface area contributed by atoms with Gasteiger partial charge in [0.2, 0.25) is 11.8 Å². The molecule has 136 valence electrons. The van der Waals surface area contributed by atoms with Crippen molar-refractivity contribution in [3.05, 3.63) is 65.5 Å². The summed E-state index contributed by atoms with van der Waals surface area (Å²) in [5, 5.41) is 5.11. The maximum absolute atomic E-state index is 13.6. The molecule has 0 radical (unpaired) electrons. The van der Waals surface area contributed by atoms with Crippen LogP contribution in [-0.4, -0.2) is 25.5 Å². The SMILES string of the molecule is COc1ccc(/C=C/C(=O)NCCC(=O)Nc2cc(C)ccc2F)cc1. The van der Waals surface area contributed by atoms with Gasteiger partial charge in [0.25, 0.3) is 0 Å². The lowest BCUT2D eigenvalue weighted by Crippen LogP contribution is -2.26. The Hall–Kier alpha value is -3.15. The van der Waals surface area contributed by atoms with E-state index < -0.39 is 5.82 Å². The molecule has 0 bridgehead atoms. The standard InChI is InChI=1S/C20H21FN2O3/c1-14-3-9-17(21)18(13-14)23-20(25)11-12-22-19(24)10-6-15-4-7-16(26-2)8-5-15/h3-10,13H,11-12H2,1-2H3,(H,22,24)(H,23,25)/b10-6+. The molecule has 0 aromatic heterocycles. The van der Waals surface area contributed by atoms with Crippen LogP contribution >= 0.6 is 0 Å². The molecule has 0 saturated carbocycles. The first-order chi connectivity index (χ1) is 12.5. The first kappa shape index (κ1) is 19.2. The number of benzene rings is 2. The first-order valence-corrected chi connectivity index (χ1v) is 8.14. The molecule has 0 saturated heterocycles. The number of ether oxygens (including phenoxy) is 1. The highest BCUT2D eigenvalue weighted by Gasteiger charge is 2.07. The third-order valence-electron chi connectivity index (χ3n) is 3.59. The number of aryl methyl sites for hydroxylation is 1. The van der Waals surface area contributed by atoms with Gasteiger partial charge >= 0.3 is 0 Å². The van der Waals surface area contributed by atoms with Crippen molar-refractivity contribution in [2.45, 2.75) is 13.3 Å². The molecule has 2 aromatic carbocycles. The van der Waals surface area contributed by atoms with Crippen molar-refractivity contribution >= 4 is 23.6 Å². The number of halogens is 1. The topological polar surface area (TPSA) is 67.4 Å². The van der Waals surface area contributed by atoms with Crippen LogP contribution in [0.3, 0.4) is 0 Å². The Labute approximate surface area is 151 Å². The Morgan fingerprint density at radius 3 is 2.58 bits per heavy atom. The third kappa shape index (κ3) is 6.05. The second-order valence-corrected chi connectivity index (χ2v) is 5.68. The number of hydrogen-bond acceptors (Lipinski definition) is 3. The Morgan fingerprint density at radius 2 is 1.88 bits per heavy atom. The van der Waals surface area contributed by atoms with Crippen molar-refractivity contribution < 1.29 is 18.7 Å². The lowest BCUT2D eigenvalue weighted by Gasteiger charge is -2.07. The maximum atomic E-state index is 13.6. The van der Waals surface area contributed by atoms with Crippen molar-refractivity contribution in [3.8, 4) is 5.75 Å². The van der Waals surface area contributed by atoms with Crippen molar-refractivity contribution in [2.75, 3.05) is 19.0 Å². The summed E-state index contributed by atoms with van der Waals surface area (Å²) in [6.45, 7) is 1.97. The largest absolute Gasteiger partial charge is 0.497 e. The normalized spacial score (nSPS) is 10.6. The van der Waals surface area contributed by atoms with Gasteiger partial charge < -0.3 is 15.4 Å². The van der Waals surface area contributed by atoms with Crippen LogP contribution in [0.25, 0.3) is 6.08 Å². The van der Waals surface area contributed by atoms with Crippen LogP contribution in [-0.2, 0) is 9.59 Å². The zero-order valence-electron chi connectivity index (χ0n) is 14.7. The minimum atomic E-state index is -0.490. The van der Waals surface area contributed by atoms with Crippen molar-refractivity contribution in [2.24, 2.45) is 0 Å². The molecule has 2 N–H and O–H groups in total. The molecule has 0 spiro atoms. The van der Waals surface area contributed by atoms with Gasteiger partial charge in [-0.1, -0.05) is 18.2 Å². The summed E-state index contributed by atoms with van der Waals surface area (Å²) in [7, 11) is 1.59. The molecule has 0 unspecified atom stereocenters. The summed E-state index contributed by atoms with van der Waals surface area (Å²) in [6, 6.07) is 11.7. The number of rotatable bonds is 7. The van der Waals surface area contributed by atoms with E-state index in [9.17, 15) is 14.0 Å². The first-order valence-electron chi connectivity index (χ1n) is 8.14. The molecule has 26 heavy (non-hydrogen) atoms. The monoisotopic (exact) mass is 356 g/mol. The number of nitrogens with one attached hydrogen (secondary N) is 2. The van der Waals surface area contributed by atoms with Crippen molar-refractivity contribution in [1.29, 1.82) is 0 Å². The highest BCUT2D eigenvalue weighted by atomic mass is 19.1. The summed E-state index contributed by atoms with van der Waals surface area (Å²) in [5.74, 6) is -0.428. The number of amides is 2. The highest BCUT2D eigenvalue weighted by molar-refractivity contribution is 5.93. The molecule has 2 aromatic rings. The Kier molecular flexibility index (Phi) is 6.91. The lowest BCUT2D eigenvalue weighted by atomic mass is 10.2. The quantitative estimate of drug-likeness (QED) is 0.748. The summed E-state index contributed by atoms with van der Waals surface area (Å²) < 4.78 is 18.7. The molecular formula is C20H21FN2O3. The smallest absolute Gasteiger partial charge is 0.244 e. The minimum Gasteiger partial charge on any atom is -0.497 e. The molecule has 6 heteroatoms. The van der Waals surface area contributed by atoms with Crippen LogP contribution in [0.15, 0.2) is 48.5 Å². The minimum absolute atomic E-state index is 0.0511. The van der Waals surface area contributed by atoms with Gasteiger partial charge in [-0.05, 0) is 48.4 Å². The number of hydrogen-bond donors (Lipinski definition) is 2. The number of carbonyl (C=O) groups is 2. The molecule has 0 aliphatic carbocycles.